The second-order valence-electron chi connectivity index (χ2n) is 3.10. The number of aromatic nitrogens is 3. The first-order valence-corrected chi connectivity index (χ1v) is 4.56. The standard InChI is InChI=1S/C10H10N4/c1-3-6-14-10-5-4-8(11-2)7-9(10)12-13-14/h4-5,7H,3,6H2,1H3. The van der Waals surface area contributed by atoms with Gasteiger partial charge in [0.25, 0.3) is 0 Å². The van der Waals surface area contributed by atoms with Gasteiger partial charge in [-0.1, -0.05) is 18.2 Å². The molecule has 1 aromatic carbocycles. The first-order chi connectivity index (χ1) is 6.85. The van der Waals surface area contributed by atoms with Gasteiger partial charge in [0.15, 0.2) is 5.69 Å². The number of nitrogens with zero attached hydrogens (tertiary/aromatic N) is 4. The van der Waals surface area contributed by atoms with E-state index in [0.29, 0.717) is 5.69 Å². The van der Waals surface area contributed by atoms with Crippen molar-refractivity contribution in [1.82, 2.24) is 15.0 Å². The third-order valence-electron chi connectivity index (χ3n) is 2.06. The quantitative estimate of drug-likeness (QED) is 0.675. The highest BCUT2D eigenvalue weighted by Crippen LogP contribution is 2.19. The number of fused-ring (bicyclic) bond motifs is 1. The van der Waals surface area contributed by atoms with E-state index in [9.17, 15) is 0 Å². The predicted molar refractivity (Wildman–Crippen MR) is 54.1 cm³/mol. The van der Waals surface area contributed by atoms with Crippen LogP contribution in [0.5, 0.6) is 0 Å². The topological polar surface area (TPSA) is 35.1 Å². The Hall–Kier alpha value is -1.89. The van der Waals surface area contributed by atoms with Crippen LogP contribution in [0.25, 0.3) is 15.9 Å². The summed E-state index contributed by atoms with van der Waals surface area (Å²) < 4.78 is 1.86. The van der Waals surface area contributed by atoms with E-state index in [0.717, 1.165) is 24.0 Å². The first kappa shape index (κ1) is 8.70. The maximum absolute atomic E-state index is 6.88. The van der Waals surface area contributed by atoms with Crippen molar-refractivity contribution in [2.45, 2.75) is 19.9 Å². The highest BCUT2D eigenvalue weighted by Gasteiger charge is 2.03. The summed E-state index contributed by atoms with van der Waals surface area (Å²) in [6.45, 7) is 9.84. The Labute approximate surface area is 82.0 Å². The van der Waals surface area contributed by atoms with Gasteiger partial charge in [0.2, 0.25) is 0 Å². The van der Waals surface area contributed by atoms with E-state index >= 15 is 0 Å². The normalized spacial score (nSPS) is 10.3. The fourth-order valence-corrected chi connectivity index (χ4v) is 1.41. The molecule has 1 heterocycles. The van der Waals surface area contributed by atoms with Gasteiger partial charge in [-0.3, -0.25) is 0 Å². The zero-order chi connectivity index (χ0) is 9.97. The van der Waals surface area contributed by atoms with E-state index in [-0.39, 0.29) is 0 Å². The van der Waals surface area contributed by atoms with Crippen LogP contribution in [0.2, 0.25) is 0 Å². The number of hydrogen-bond acceptors (Lipinski definition) is 2. The van der Waals surface area contributed by atoms with Crippen LogP contribution in [0.3, 0.4) is 0 Å². The number of rotatable bonds is 2. The molecule has 0 saturated heterocycles. The fourth-order valence-electron chi connectivity index (χ4n) is 1.41. The van der Waals surface area contributed by atoms with Gasteiger partial charge in [-0.05, 0) is 18.6 Å². The zero-order valence-electron chi connectivity index (χ0n) is 7.94. The molecule has 0 aliphatic carbocycles. The average molecular weight is 186 g/mol. The van der Waals surface area contributed by atoms with Gasteiger partial charge in [-0.25, -0.2) is 9.53 Å². The van der Waals surface area contributed by atoms with E-state index in [4.69, 9.17) is 6.57 Å². The number of aryl methyl sites for hydroxylation is 1. The van der Waals surface area contributed by atoms with Crippen molar-refractivity contribution in [3.63, 3.8) is 0 Å². The van der Waals surface area contributed by atoms with Gasteiger partial charge in [-0.2, -0.15) is 0 Å². The monoisotopic (exact) mass is 186 g/mol. The molecule has 0 N–H and O–H groups in total. The fraction of sp³-hybridized carbons (Fsp3) is 0.300. The van der Waals surface area contributed by atoms with E-state index in [1.165, 1.54) is 0 Å². The summed E-state index contributed by atoms with van der Waals surface area (Å²) in [6, 6.07) is 5.46. The van der Waals surface area contributed by atoms with Crippen LogP contribution < -0.4 is 0 Å². The van der Waals surface area contributed by atoms with Crippen LogP contribution in [0.15, 0.2) is 18.2 Å². The Morgan fingerprint density at radius 3 is 3.07 bits per heavy atom. The van der Waals surface area contributed by atoms with Gasteiger partial charge in [0, 0.05) is 6.54 Å². The lowest BCUT2D eigenvalue weighted by molar-refractivity contribution is 0.596. The molecule has 70 valence electrons. The Balaban J connectivity index is 2.55. The average Bonchev–Trinajstić information content (AvgIpc) is 2.61. The molecule has 0 aliphatic rings. The Bertz CT molecular complexity index is 492. The Morgan fingerprint density at radius 2 is 2.36 bits per heavy atom. The summed E-state index contributed by atoms with van der Waals surface area (Å²) in [5.74, 6) is 0. The minimum atomic E-state index is 0.612. The van der Waals surface area contributed by atoms with E-state index < -0.39 is 0 Å². The SMILES string of the molecule is [C-]#[N+]c1ccc2c(c1)nnn2CCC. The summed E-state index contributed by atoms with van der Waals surface area (Å²) in [4.78, 5) is 3.35. The molecule has 0 atom stereocenters. The minimum absolute atomic E-state index is 0.612. The molecule has 0 bridgehead atoms. The van der Waals surface area contributed by atoms with E-state index in [1.807, 2.05) is 10.7 Å². The maximum Gasteiger partial charge on any atom is 0.189 e. The van der Waals surface area contributed by atoms with Crippen molar-refractivity contribution in [2.75, 3.05) is 0 Å². The minimum Gasteiger partial charge on any atom is -0.245 e. The summed E-state index contributed by atoms with van der Waals surface area (Å²) in [6.07, 6.45) is 1.03. The third-order valence-corrected chi connectivity index (χ3v) is 2.06. The molecule has 1 aromatic heterocycles. The van der Waals surface area contributed by atoms with Gasteiger partial charge >= 0.3 is 0 Å². The van der Waals surface area contributed by atoms with Crippen molar-refractivity contribution in [1.29, 1.82) is 0 Å². The summed E-state index contributed by atoms with van der Waals surface area (Å²) in [5, 5.41) is 8.04. The molecular formula is C10H10N4. The Morgan fingerprint density at radius 1 is 1.50 bits per heavy atom. The van der Waals surface area contributed by atoms with Gasteiger partial charge in [0.1, 0.15) is 5.52 Å². The van der Waals surface area contributed by atoms with Crippen molar-refractivity contribution in [3.05, 3.63) is 29.6 Å². The molecular weight excluding hydrogens is 176 g/mol. The summed E-state index contributed by atoms with van der Waals surface area (Å²) in [5.41, 5.74) is 2.41. The van der Waals surface area contributed by atoms with Crippen LogP contribution in [-0.2, 0) is 6.54 Å². The van der Waals surface area contributed by atoms with Crippen LogP contribution in [0.1, 0.15) is 13.3 Å². The number of benzene rings is 1. The lowest BCUT2D eigenvalue weighted by atomic mass is 10.3. The summed E-state index contributed by atoms with van der Waals surface area (Å²) in [7, 11) is 0. The van der Waals surface area contributed by atoms with E-state index in [1.54, 1.807) is 12.1 Å². The molecule has 14 heavy (non-hydrogen) atoms. The van der Waals surface area contributed by atoms with Crippen molar-refractivity contribution < 1.29 is 0 Å². The van der Waals surface area contributed by atoms with E-state index in [2.05, 4.69) is 22.1 Å². The molecule has 2 rings (SSSR count). The zero-order valence-corrected chi connectivity index (χ0v) is 7.94. The molecule has 0 radical (unpaired) electrons. The van der Waals surface area contributed by atoms with Crippen LogP contribution in [0.4, 0.5) is 5.69 Å². The molecule has 0 spiro atoms. The van der Waals surface area contributed by atoms with Gasteiger partial charge in [0.05, 0.1) is 12.1 Å². The Kier molecular flexibility index (Phi) is 2.15. The lowest BCUT2D eigenvalue weighted by Crippen LogP contribution is -1.98. The van der Waals surface area contributed by atoms with Crippen molar-refractivity contribution in [3.8, 4) is 0 Å². The highest BCUT2D eigenvalue weighted by molar-refractivity contribution is 5.78. The second kappa shape index (κ2) is 3.46. The molecule has 4 nitrogen and oxygen atoms in total. The highest BCUT2D eigenvalue weighted by atomic mass is 15.4. The summed E-state index contributed by atoms with van der Waals surface area (Å²) >= 11 is 0. The largest absolute Gasteiger partial charge is 0.245 e. The lowest BCUT2D eigenvalue weighted by Gasteiger charge is -1.97. The smallest absolute Gasteiger partial charge is 0.189 e. The van der Waals surface area contributed by atoms with Crippen LogP contribution in [-0.4, -0.2) is 15.0 Å². The van der Waals surface area contributed by atoms with Crippen LogP contribution in [0, 0.1) is 6.57 Å². The molecule has 0 saturated carbocycles. The second-order valence-corrected chi connectivity index (χ2v) is 3.10. The number of hydrogen-bond donors (Lipinski definition) is 0. The molecule has 0 amide bonds. The van der Waals surface area contributed by atoms with Crippen molar-refractivity contribution >= 4 is 16.7 Å². The first-order valence-electron chi connectivity index (χ1n) is 4.56. The third kappa shape index (κ3) is 1.33. The maximum atomic E-state index is 6.88. The van der Waals surface area contributed by atoms with Gasteiger partial charge in [-0.15, -0.1) is 5.10 Å². The predicted octanol–water partition coefficient (Wildman–Crippen LogP) is 2.39. The van der Waals surface area contributed by atoms with Crippen molar-refractivity contribution in [2.24, 2.45) is 0 Å². The molecule has 0 aliphatic heterocycles. The van der Waals surface area contributed by atoms with Gasteiger partial charge < -0.3 is 0 Å². The molecule has 4 heteroatoms. The molecule has 2 aromatic rings. The molecule has 0 fully saturated rings. The molecule has 0 unspecified atom stereocenters. The van der Waals surface area contributed by atoms with Crippen LogP contribution >= 0.6 is 0 Å².